The van der Waals surface area contributed by atoms with Crippen LogP contribution in [0.15, 0.2) is 24.3 Å². The van der Waals surface area contributed by atoms with Gasteiger partial charge in [-0.2, -0.15) is 0 Å². The number of halogens is 1. The van der Waals surface area contributed by atoms with Crippen molar-refractivity contribution < 1.29 is 19.1 Å². The molecule has 1 aromatic carbocycles. The van der Waals surface area contributed by atoms with Crippen molar-refractivity contribution in [3.8, 4) is 0 Å². The van der Waals surface area contributed by atoms with E-state index < -0.39 is 5.97 Å². The number of hydrogen-bond acceptors (Lipinski definition) is 2. The number of urea groups is 1. The second-order valence-electron chi connectivity index (χ2n) is 6.63. The second-order valence-corrected chi connectivity index (χ2v) is 6.63. The van der Waals surface area contributed by atoms with Gasteiger partial charge in [-0.3, -0.25) is 4.79 Å². The first-order chi connectivity index (χ1) is 11.4. The van der Waals surface area contributed by atoms with Crippen molar-refractivity contribution in [2.24, 2.45) is 5.92 Å². The molecule has 0 aromatic heterocycles. The number of benzene rings is 1. The number of carboxylic acid groups (broad SMARTS) is 1. The summed E-state index contributed by atoms with van der Waals surface area (Å²) < 4.78 is 13.2. The fraction of sp³-hybridized carbons (Fsp3) is 0.556. The van der Waals surface area contributed by atoms with Crippen molar-refractivity contribution in [3.63, 3.8) is 0 Å². The zero-order valence-corrected chi connectivity index (χ0v) is 14.2. The Morgan fingerprint density at radius 2 is 2.00 bits per heavy atom. The number of carboxylic acids is 1. The van der Waals surface area contributed by atoms with Crippen LogP contribution >= 0.6 is 0 Å². The summed E-state index contributed by atoms with van der Waals surface area (Å²) in [5.41, 5.74) is 0.851. The topological polar surface area (TPSA) is 69.6 Å². The van der Waals surface area contributed by atoms with Gasteiger partial charge in [-0.15, -0.1) is 0 Å². The van der Waals surface area contributed by atoms with Gasteiger partial charge in [0.05, 0.1) is 5.92 Å². The van der Waals surface area contributed by atoms with E-state index in [1.807, 2.05) is 13.0 Å². The third-order valence-electron chi connectivity index (χ3n) is 4.81. The van der Waals surface area contributed by atoms with Gasteiger partial charge in [0.15, 0.2) is 0 Å². The van der Waals surface area contributed by atoms with Crippen LogP contribution in [0, 0.1) is 11.7 Å². The van der Waals surface area contributed by atoms with Crippen LogP contribution < -0.4 is 5.32 Å². The fourth-order valence-electron chi connectivity index (χ4n) is 3.10. The van der Waals surface area contributed by atoms with Gasteiger partial charge in [-0.05, 0) is 56.7 Å². The summed E-state index contributed by atoms with van der Waals surface area (Å²) in [5.74, 6) is -1.31. The molecule has 0 spiro atoms. The summed E-state index contributed by atoms with van der Waals surface area (Å²) in [5, 5.41) is 12.0. The molecule has 1 aliphatic rings. The molecule has 0 radical (unpaired) electrons. The number of nitrogens with one attached hydrogen (secondary N) is 1. The summed E-state index contributed by atoms with van der Waals surface area (Å²) in [6, 6.07) is 6.18. The van der Waals surface area contributed by atoms with Crippen LogP contribution in [0.5, 0.6) is 0 Å². The first-order valence-electron chi connectivity index (χ1n) is 8.37. The van der Waals surface area contributed by atoms with E-state index in [0.717, 1.165) is 5.56 Å². The van der Waals surface area contributed by atoms with Crippen LogP contribution in [-0.2, 0) is 11.2 Å². The monoisotopic (exact) mass is 336 g/mol. The number of carbonyl (C=O) groups excluding carboxylic acids is 1. The lowest BCUT2D eigenvalue weighted by atomic mass is 9.86. The lowest BCUT2D eigenvalue weighted by Gasteiger charge is -2.31. The van der Waals surface area contributed by atoms with E-state index in [0.29, 0.717) is 32.1 Å². The molecule has 1 unspecified atom stereocenters. The first kappa shape index (κ1) is 18.2. The zero-order chi connectivity index (χ0) is 17.7. The molecule has 5 nitrogen and oxygen atoms in total. The molecule has 1 aromatic rings. The van der Waals surface area contributed by atoms with Crippen molar-refractivity contribution in [2.45, 2.75) is 51.1 Å². The normalized spacial score (nSPS) is 21.8. The number of nitrogens with zero attached hydrogens (tertiary/aromatic N) is 1. The molecule has 2 N–H and O–H groups in total. The Balaban J connectivity index is 1.82. The average molecular weight is 336 g/mol. The maximum atomic E-state index is 13.2. The van der Waals surface area contributed by atoms with Crippen molar-refractivity contribution in [1.82, 2.24) is 10.2 Å². The minimum atomic E-state index is -0.749. The van der Waals surface area contributed by atoms with Gasteiger partial charge in [-0.1, -0.05) is 12.1 Å². The average Bonchev–Trinajstić information content (AvgIpc) is 2.54. The summed E-state index contributed by atoms with van der Waals surface area (Å²) in [4.78, 5) is 24.9. The number of amides is 2. The molecular weight excluding hydrogens is 311 g/mol. The Kier molecular flexibility index (Phi) is 6.17. The highest BCUT2D eigenvalue weighted by Crippen LogP contribution is 2.24. The molecule has 0 saturated heterocycles. The van der Waals surface area contributed by atoms with Gasteiger partial charge >= 0.3 is 12.0 Å². The number of aliphatic carboxylic acids is 1. The molecule has 1 aliphatic carbocycles. The molecule has 1 fully saturated rings. The Morgan fingerprint density at radius 1 is 1.33 bits per heavy atom. The van der Waals surface area contributed by atoms with E-state index in [1.165, 1.54) is 12.1 Å². The minimum absolute atomic E-state index is 0.0249. The molecule has 2 rings (SSSR count). The highest BCUT2D eigenvalue weighted by molar-refractivity contribution is 5.74. The minimum Gasteiger partial charge on any atom is -0.481 e. The lowest BCUT2D eigenvalue weighted by molar-refractivity contribution is -0.142. The van der Waals surface area contributed by atoms with Crippen LogP contribution in [0.2, 0.25) is 0 Å². The highest BCUT2D eigenvalue weighted by Gasteiger charge is 2.27. The Labute approximate surface area is 141 Å². The largest absolute Gasteiger partial charge is 0.481 e. The van der Waals surface area contributed by atoms with E-state index in [9.17, 15) is 14.0 Å². The van der Waals surface area contributed by atoms with E-state index in [4.69, 9.17) is 5.11 Å². The van der Waals surface area contributed by atoms with Gasteiger partial charge in [0, 0.05) is 19.1 Å². The molecule has 132 valence electrons. The molecule has 0 aliphatic heterocycles. The fourth-order valence-corrected chi connectivity index (χ4v) is 3.10. The molecule has 0 heterocycles. The van der Waals surface area contributed by atoms with E-state index in [2.05, 4.69) is 5.32 Å². The van der Waals surface area contributed by atoms with Crippen LogP contribution in [0.25, 0.3) is 0 Å². The van der Waals surface area contributed by atoms with Crippen LogP contribution in [0.3, 0.4) is 0 Å². The molecule has 2 amide bonds. The zero-order valence-electron chi connectivity index (χ0n) is 14.2. The standard InChI is InChI=1S/C18H25FN2O3/c1-12(10-13-4-3-5-15(19)11-13)21(2)18(24)20-16-8-6-14(7-9-16)17(22)23/h3-5,11-12,14,16H,6-10H2,1-2H3,(H,20,24)(H,22,23). The highest BCUT2D eigenvalue weighted by atomic mass is 19.1. The van der Waals surface area contributed by atoms with E-state index >= 15 is 0 Å². The molecule has 1 atom stereocenters. The molecular formula is C18H25FN2O3. The number of carbonyl (C=O) groups is 2. The number of likely N-dealkylation sites (N-methyl/N-ethyl adjacent to an activating group) is 1. The Morgan fingerprint density at radius 3 is 2.58 bits per heavy atom. The quantitative estimate of drug-likeness (QED) is 0.868. The Hall–Kier alpha value is -2.11. The van der Waals surface area contributed by atoms with E-state index in [1.54, 1.807) is 18.0 Å². The second kappa shape index (κ2) is 8.13. The van der Waals surface area contributed by atoms with Gasteiger partial charge in [0.2, 0.25) is 0 Å². The predicted octanol–water partition coefficient (Wildman–Crippen LogP) is 3.04. The van der Waals surface area contributed by atoms with Gasteiger partial charge in [0.25, 0.3) is 0 Å². The number of hydrogen-bond donors (Lipinski definition) is 2. The molecule has 6 heteroatoms. The SMILES string of the molecule is CC(Cc1cccc(F)c1)N(C)C(=O)NC1CCC(C(=O)O)CC1. The van der Waals surface area contributed by atoms with Gasteiger partial charge in [-0.25, -0.2) is 9.18 Å². The maximum absolute atomic E-state index is 13.2. The predicted molar refractivity (Wildman–Crippen MR) is 89.2 cm³/mol. The first-order valence-corrected chi connectivity index (χ1v) is 8.37. The third kappa shape index (κ3) is 4.94. The third-order valence-corrected chi connectivity index (χ3v) is 4.81. The van der Waals surface area contributed by atoms with Gasteiger partial charge in [0.1, 0.15) is 5.82 Å². The summed E-state index contributed by atoms with van der Waals surface area (Å²) in [6.45, 7) is 1.92. The van der Waals surface area contributed by atoms with Crippen molar-refractivity contribution in [2.75, 3.05) is 7.05 Å². The van der Waals surface area contributed by atoms with Crippen LogP contribution in [-0.4, -0.2) is 41.1 Å². The summed E-state index contributed by atoms with van der Waals surface area (Å²) >= 11 is 0. The van der Waals surface area contributed by atoms with Crippen LogP contribution in [0.1, 0.15) is 38.2 Å². The summed E-state index contributed by atoms with van der Waals surface area (Å²) in [7, 11) is 1.72. The van der Waals surface area contributed by atoms with Crippen molar-refractivity contribution >= 4 is 12.0 Å². The maximum Gasteiger partial charge on any atom is 0.317 e. The molecule has 24 heavy (non-hydrogen) atoms. The van der Waals surface area contributed by atoms with Crippen molar-refractivity contribution in [1.29, 1.82) is 0 Å². The summed E-state index contributed by atoms with van der Waals surface area (Å²) in [6.07, 6.45) is 3.16. The van der Waals surface area contributed by atoms with Crippen molar-refractivity contribution in [3.05, 3.63) is 35.6 Å². The molecule has 0 bridgehead atoms. The Bertz CT molecular complexity index is 585. The smallest absolute Gasteiger partial charge is 0.317 e. The number of rotatable bonds is 5. The van der Waals surface area contributed by atoms with E-state index in [-0.39, 0.29) is 29.8 Å². The van der Waals surface area contributed by atoms with Gasteiger partial charge < -0.3 is 15.3 Å². The lowest BCUT2D eigenvalue weighted by Crippen LogP contribution is -2.48. The molecule has 1 saturated carbocycles. The van der Waals surface area contributed by atoms with Crippen LogP contribution in [0.4, 0.5) is 9.18 Å².